The van der Waals surface area contributed by atoms with Crippen LogP contribution in [0.25, 0.3) is 71.6 Å². The molecule has 0 atom stereocenters. The molecule has 0 saturated carbocycles. The normalized spacial score (nSPS) is 13.6. The quantitative estimate of drug-likeness (QED) is 0.167. The summed E-state index contributed by atoms with van der Waals surface area (Å²) in [6.07, 6.45) is 0. The fourth-order valence-electron chi connectivity index (χ4n) is 13.6. The van der Waals surface area contributed by atoms with Crippen molar-refractivity contribution in [2.45, 2.75) is 24.7 Å². The lowest BCUT2D eigenvalue weighted by Gasteiger charge is -2.47. The molecule has 14 aromatic rings. The molecule has 0 fully saturated rings. The van der Waals surface area contributed by atoms with Crippen LogP contribution in [0.1, 0.15) is 58.4 Å². The van der Waals surface area contributed by atoms with Gasteiger partial charge < -0.3 is 9.80 Å². The molecule has 3 aromatic heterocycles. The SMILES string of the molecule is CC1(C)c2ccccc2C2(c3cc(N(c4ccc(C#N)cc4)c4cccc5c4sc4ccccc45)ccc3-c3c2cc(N(c2ccc(C#N)cc2)c2cccc4c2sc2ccccc24)c2c3sc3ccccc32)c2ccccc21. The molecule has 16 rings (SSSR count). The second-order valence-electron chi connectivity index (χ2n) is 21.3. The number of nitriles is 2. The van der Waals surface area contributed by atoms with E-state index in [9.17, 15) is 10.5 Å². The first-order valence-electron chi connectivity index (χ1n) is 26.6. The summed E-state index contributed by atoms with van der Waals surface area (Å²) in [7, 11) is 0. The molecular formula is C72H44N4S3. The van der Waals surface area contributed by atoms with Crippen LogP contribution in [0.5, 0.6) is 0 Å². The van der Waals surface area contributed by atoms with Gasteiger partial charge >= 0.3 is 0 Å². The van der Waals surface area contributed by atoms with E-state index in [2.05, 4.69) is 242 Å². The second-order valence-corrected chi connectivity index (χ2v) is 24.5. The van der Waals surface area contributed by atoms with Gasteiger partial charge in [0.2, 0.25) is 0 Å². The van der Waals surface area contributed by atoms with Crippen molar-refractivity contribution < 1.29 is 0 Å². The zero-order valence-corrected chi connectivity index (χ0v) is 45.4. The molecule has 1 spiro atoms. The molecule has 2 aliphatic carbocycles. The van der Waals surface area contributed by atoms with E-state index in [-0.39, 0.29) is 5.41 Å². The van der Waals surface area contributed by atoms with Crippen LogP contribution in [-0.4, -0.2) is 0 Å². The molecular weight excluding hydrogens is 1020 g/mol. The highest BCUT2D eigenvalue weighted by Gasteiger charge is 2.54. The minimum absolute atomic E-state index is 0.319. The molecule has 0 radical (unpaired) electrons. The lowest BCUT2D eigenvalue weighted by Crippen LogP contribution is -2.40. The number of rotatable bonds is 6. The molecule has 0 bridgehead atoms. The Hall–Kier alpha value is -9.34. The first kappa shape index (κ1) is 45.8. The molecule has 7 heteroatoms. The highest BCUT2D eigenvalue weighted by molar-refractivity contribution is 7.27. The molecule has 0 amide bonds. The second kappa shape index (κ2) is 17.1. The fraction of sp³-hybridized carbons (Fsp3) is 0.0556. The number of benzene rings is 11. The summed E-state index contributed by atoms with van der Waals surface area (Å²) < 4.78 is 7.35. The summed E-state index contributed by atoms with van der Waals surface area (Å²) in [4.78, 5) is 4.91. The maximum absolute atomic E-state index is 10.2. The van der Waals surface area contributed by atoms with Crippen molar-refractivity contribution in [1.82, 2.24) is 0 Å². The van der Waals surface area contributed by atoms with Gasteiger partial charge in [-0.1, -0.05) is 147 Å². The van der Waals surface area contributed by atoms with E-state index in [0.29, 0.717) is 11.1 Å². The van der Waals surface area contributed by atoms with Gasteiger partial charge in [0.1, 0.15) is 0 Å². The largest absolute Gasteiger partial charge is 0.309 e. The summed E-state index contributed by atoms with van der Waals surface area (Å²) in [6.45, 7) is 4.78. The topological polar surface area (TPSA) is 54.1 Å². The average molecular weight is 1060 g/mol. The Bertz CT molecular complexity index is 4930. The Labute approximate surface area is 468 Å². The van der Waals surface area contributed by atoms with E-state index in [1.807, 2.05) is 58.3 Å². The number of hydrogen-bond donors (Lipinski definition) is 0. The predicted molar refractivity (Wildman–Crippen MR) is 333 cm³/mol. The van der Waals surface area contributed by atoms with E-state index >= 15 is 0 Å². The molecule has 0 N–H and O–H groups in total. The number of thiophene rings is 3. The maximum Gasteiger partial charge on any atom is 0.0991 e. The van der Waals surface area contributed by atoms with Crippen molar-refractivity contribution in [3.05, 3.63) is 275 Å². The number of nitrogens with zero attached hydrogens (tertiary/aromatic N) is 4. The number of anilines is 6. The lowest BCUT2D eigenvalue weighted by molar-refractivity contribution is 0.563. The molecule has 0 unspecified atom stereocenters. The third-order valence-electron chi connectivity index (χ3n) is 17.0. The van der Waals surface area contributed by atoms with Crippen LogP contribution in [0.15, 0.2) is 231 Å². The standard InChI is InChI=1S/C72H44N4S3/c1-71(2)54-20-6-8-22-56(54)72(57-23-9-7-21-55(57)71)58-39-47(75(45-33-29-43(41-73)30-34-45)60-24-13-18-50-48-15-3-10-26-63(48)77-68(50)60)37-38-52(58)66-59(72)40-62(67-53-17-5-12-28-65(53)79-70(66)67)76(46-35-31-44(42-74)32-36-46)61-25-14-19-51-49-16-4-11-27-64(49)78-69(51)61/h3-40H,1-2H3. The third kappa shape index (κ3) is 6.38. The molecule has 4 nitrogen and oxygen atoms in total. The molecule has 11 aromatic carbocycles. The van der Waals surface area contributed by atoms with Crippen molar-refractivity contribution in [3.63, 3.8) is 0 Å². The highest BCUT2D eigenvalue weighted by atomic mass is 32.1. The Morgan fingerprint density at radius 3 is 1.35 bits per heavy atom. The Kier molecular flexibility index (Phi) is 9.91. The van der Waals surface area contributed by atoms with Crippen molar-refractivity contribution in [3.8, 4) is 23.3 Å². The third-order valence-corrected chi connectivity index (χ3v) is 20.6. The molecule has 79 heavy (non-hydrogen) atoms. The fourth-order valence-corrected chi connectivity index (χ4v) is 17.3. The average Bonchev–Trinajstić information content (AvgIpc) is 3.27. The van der Waals surface area contributed by atoms with Gasteiger partial charge in [-0.2, -0.15) is 10.5 Å². The summed E-state index contributed by atoms with van der Waals surface area (Å²) in [5.74, 6) is 0. The van der Waals surface area contributed by atoms with Gasteiger partial charge in [-0.3, -0.25) is 0 Å². The highest BCUT2D eigenvalue weighted by Crippen LogP contribution is 2.66. The number of hydrogen-bond acceptors (Lipinski definition) is 7. The Morgan fingerprint density at radius 1 is 0.354 bits per heavy atom. The molecule has 2 aliphatic rings. The Morgan fingerprint density at radius 2 is 0.797 bits per heavy atom. The van der Waals surface area contributed by atoms with E-state index in [1.165, 1.54) is 105 Å². The molecule has 0 saturated heterocycles. The minimum atomic E-state index is -0.789. The van der Waals surface area contributed by atoms with Crippen molar-refractivity contribution in [1.29, 1.82) is 10.5 Å². The molecule has 3 heterocycles. The van der Waals surface area contributed by atoms with Gasteiger partial charge in [-0.25, -0.2) is 0 Å². The van der Waals surface area contributed by atoms with Gasteiger partial charge in [0, 0.05) is 79.2 Å². The van der Waals surface area contributed by atoms with Crippen molar-refractivity contribution >= 4 is 129 Å². The maximum atomic E-state index is 10.2. The number of fused-ring (bicyclic) bond motifs is 19. The summed E-state index contributed by atoms with van der Waals surface area (Å²) in [5.41, 5.74) is 16.4. The summed E-state index contributed by atoms with van der Waals surface area (Å²) in [5, 5.41) is 27.6. The molecule has 0 aliphatic heterocycles. The van der Waals surface area contributed by atoms with Crippen LogP contribution >= 0.6 is 34.0 Å². The van der Waals surface area contributed by atoms with Crippen LogP contribution in [0.2, 0.25) is 0 Å². The van der Waals surface area contributed by atoms with Gasteiger partial charge in [0.25, 0.3) is 0 Å². The van der Waals surface area contributed by atoms with E-state index in [4.69, 9.17) is 0 Å². The first-order chi connectivity index (χ1) is 38.8. The van der Waals surface area contributed by atoms with Crippen molar-refractivity contribution in [2.24, 2.45) is 0 Å². The van der Waals surface area contributed by atoms with Crippen LogP contribution in [0.4, 0.5) is 34.1 Å². The molecule has 370 valence electrons. The van der Waals surface area contributed by atoms with Gasteiger partial charge in [-0.05, 0) is 136 Å². The van der Waals surface area contributed by atoms with Gasteiger partial charge in [0.15, 0.2) is 0 Å². The van der Waals surface area contributed by atoms with Gasteiger partial charge in [-0.15, -0.1) is 34.0 Å². The van der Waals surface area contributed by atoms with E-state index in [1.54, 1.807) is 0 Å². The van der Waals surface area contributed by atoms with Crippen LogP contribution in [0.3, 0.4) is 0 Å². The monoisotopic (exact) mass is 1060 g/mol. The first-order valence-corrected chi connectivity index (χ1v) is 29.0. The van der Waals surface area contributed by atoms with Gasteiger partial charge in [0.05, 0.1) is 55.1 Å². The van der Waals surface area contributed by atoms with E-state index < -0.39 is 5.41 Å². The van der Waals surface area contributed by atoms with E-state index in [0.717, 1.165) is 34.1 Å². The minimum Gasteiger partial charge on any atom is -0.309 e. The summed E-state index contributed by atoms with van der Waals surface area (Å²) >= 11 is 5.55. The predicted octanol–water partition coefficient (Wildman–Crippen LogP) is 20.5. The van der Waals surface area contributed by atoms with Crippen LogP contribution < -0.4 is 9.80 Å². The van der Waals surface area contributed by atoms with Crippen LogP contribution in [-0.2, 0) is 10.8 Å². The zero-order valence-electron chi connectivity index (χ0n) is 43.0. The smallest absolute Gasteiger partial charge is 0.0991 e. The zero-order chi connectivity index (χ0) is 52.7. The van der Waals surface area contributed by atoms with Crippen molar-refractivity contribution in [2.75, 3.05) is 9.80 Å². The summed E-state index contributed by atoms with van der Waals surface area (Å²) in [6, 6.07) is 89.0. The van der Waals surface area contributed by atoms with Crippen LogP contribution in [0, 0.1) is 22.7 Å². The lowest BCUT2D eigenvalue weighted by atomic mass is 9.55. The Balaban J connectivity index is 1.06.